The van der Waals surface area contributed by atoms with Crippen LogP contribution in [0.5, 0.6) is 0 Å². The maximum Gasteiger partial charge on any atom is 0.234 e. The molecule has 0 radical (unpaired) electrons. The standard InChI is InChI=1S/C16H18IN3OS/c1-9-5-13(17)6-10(2)15(9)20-14(21)8-22-16-18-11(3)7-12(4)19-16/h5-7H,8H2,1-4H3,(H,20,21). The van der Waals surface area contributed by atoms with Gasteiger partial charge in [0, 0.05) is 20.6 Å². The molecule has 1 heterocycles. The first kappa shape index (κ1) is 17.2. The predicted molar refractivity (Wildman–Crippen MR) is 99.5 cm³/mol. The van der Waals surface area contributed by atoms with Crippen molar-refractivity contribution in [3.63, 3.8) is 0 Å². The van der Waals surface area contributed by atoms with Gasteiger partial charge in [0.1, 0.15) is 0 Å². The quantitative estimate of drug-likeness (QED) is 0.455. The van der Waals surface area contributed by atoms with Gasteiger partial charge in [-0.15, -0.1) is 0 Å². The maximum absolute atomic E-state index is 12.2. The second kappa shape index (κ2) is 7.41. The molecule has 2 rings (SSSR count). The Morgan fingerprint density at radius 3 is 2.18 bits per heavy atom. The zero-order valence-electron chi connectivity index (χ0n) is 13.0. The molecule has 6 heteroatoms. The molecule has 0 aliphatic rings. The van der Waals surface area contributed by atoms with Gasteiger partial charge in [0.05, 0.1) is 5.75 Å². The minimum Gasteiger partial charge on any atom is -0.325 e. The van der Waals surface area contributed by atoms with Crippen LogP contribution < -0.4 is 5.32 Å². The minimum atomic E-state index is -0.0415. The van der Waals surface area contributed by atoms with Crippen LogP contribution in [-0.4, -0.2) is 21.6 Å². The highest BCUT2D eigenvalue weighted by molar-refractivity contribution is 14.1. The number of aromatic nitrogens is 2. The van der Waals surface area contributed by atoms with Gasteiger partial charge in [0.2, 0.25) is 5.91 Å². The smallest absolute Gasteiger partial charge is 0.234 e. The Hall–Kier alpha value is -1.15. The van der Waals surface area contributed by atoms with Gasteiger partial charge in [0.15, 0.2) is 5.16 Å². The zero-order chi connectivity index (χ0) is 16.3. The van der Waals surface area contributed by atoms with Crippen molar-refractivity contribution in [2.75, 3.05) is 11.1 Å². The number of carbonyl (C=O) groups excluding carboxylic acids is 1. The van der Waals surface area contributed by atoms with Crippen LogP contribution in [-0.2, 0) is 4.79 Å². The lowest BCUT2D eigenvalue weighted by Gasteiger charge is -2.12. The summed E-state index contributed by atoms with van der Waals surface area (Å²) in [6.45, 7) is 7.87. The third kappa shape index (κ3) is 4.67. The minimum absolute atomic E-state index is 0.0415. The van der Waals surface area contributed by atoms with Gasteiger partial charge in [0.25, 0.3) is 0 Å². The molecule has 22 heavy (non-hydrogen) atoms. The van der Waals surface area contributed by atoms with E-state index in [1.54, 1.807) is 0 Å². The van der Waals surface area contributed by atoms with Crippen LogP contribution in [0, 0.1) is 31.3 Å². The molecule has 0 saturated carbocycles. The Bertz CT molecular complexity index is 675. The molecular weight excluding hydrogens is 409 g/mol. The highest BCUT2D eigenvalue weighted by Gasteiger charge is 2.10. The van der Waals surface area contributed by atoms with E-state index in [-0.39, 0.29) is 5.91 Å². The fraction of sp³-hybridized carbons (Fsp3) is 0.312. The SMILES string of the molecule is Cc1cc(C)nc(SCC(=O)Nc2c(C)cc(I)cc2C)n1. The van der Waals surface area contributed by atoms with Gasteiger partial charge >= 0.3 is 0 Å². The topological polar surface area (TPSA) is 54.9 Å². The van der Waals surface area contributed by atoms with E-state index in [0.717, 1.165) is 28.2 Å². The Labute approximate surface area is 148 Å². The molecule has 0 fully saturated rings. The maximum atomic E-state index is 12.2. The van der Waals surface area contributed by atoms with E-state index in [1.165, 1.54) is 15.3 Å². The fourth-order valence-electron chi connectivity index (χ4n) is 2.17. The number of carbonyl (C=O) groups is 1. The molecule has 0 saturated heterocycles. The van der Waals surface area contributed by atoms with Crippen LogP contribution in [0.15, 0.2) is 23.4 Å². The van der Waals surface area contributed by atoms with Gasteiger partial charge in [-0.1, -0.05) is 11.8 Å². The van der Waals surface area contributed by atoms with Crippen LogP contribution in [0.4, 0.5) is 5.69 Å². The summed E-state index contributed by atoms with van der Waals surface area (Å²) < 4.78 is 1.17. The molecule has 0 unspecified atom stereocenters. The van der Waals surface area contributed by atoms with Crippen molar-refractivity contribution in [1.29, 1.82) is 0 Å². The first-order chi connectivity index (χ1) is 10.3. The number of nitrogens with zero attached hydrogens (tertiary/aromatic N) is 2. The lowest BCUT2D eigenvalue weighted by atomic mass is 10.1. The monoisotopic (exact) mass is 427 g/mol. The Morgan fingerprint density at radius 2 is 1.64 bits per heavy atom. The van der Waals surface area contributed by atoms with Crippen molar-refractivity contribution in [3.8, 4) is 0 Å². The van der Waals surface area contributed by atoms with E-state index >= 15 is 0 Å². The summed E-state index contributed by atoms with van der Waals surface area (Å²) in [7, 11) is 0. The molecule has 1 amide bonds. The molecule has 1 aromatic carbocycles. The van der Waals surface area contributed by atoms with E-state index < -0.39 is 0 Å². The van der Waals surface area contributed by atoms with Crippen LogP contribution >= 0.6 is 34.4 Å². The number of hydrogen-bond donors (Lipinski definition) is 1. The van der Waals surface area contributed by atoms with Gasteiger partial charge in [-0.3, -0.25) is 4.79 Å². The number of halogens is 1. The second-order valence-corrected chi connectivity index (χ2v) is 7.37. The summed E-state index contributed by atoms with van der Waals surface area (Å²) in [6, 6.07) is 6.04. The van der Waals surface area contributed by atoms with Crippen LogP contribution in [0.2, 0.25) is 0 Å². The van der Waals surface area contributed by atoms with E-state index in [9.17, 15) is 4.79 Å². The largest absolute Gasteiger partial charge is 0.325 e. The average Bonchev–Trinajstić information content (AvgIpc) is 2.39. The first-order valence-electron chi connectivity index (χ1n) is 6.87. The second-order valence-electron chi connectivity index (χ2n) is 5.18. The Balaban J connectivity index is 2.02. The van der Waals surface area contributed by atoms with Crippen LogP contribution in [0.1, 0.15) is 22.5 Å². The number of nitrogens with one attached hydrogen (secondary N) is 1. The number of aryl methyl sites for hydroxylation is 4. The summed E-state index contributed by atoms with van der Waals surface area (Å²) in [5.41, 5.74) is 4.88. The van der Waals surface area contributed by atoms with Crippen molar-refractivity contribution in [2.24, 2.45) is 0 Å². The number of rotatable bonds is 4. The lowest BCUT2D eigenvalue weighted by molar-refractivity contribution is -0.113. The summed E-state index contributed by atoms with van der Waals surface area (Å²) >= 11 is 3.63. The number of hydrogen-bond acceptors (Lipinski definition) is 4. The molecule has 0 aliphatic heterocycles. The van der Waals surface area contributed by atoms with Crippen molar-refractivity contribution < 1.29 is 4.79 Å². The van der Waals surface area contributed by atoms with Crippen LogP contribution in [0.25, 0.3) is 0 Å². The molecule has 1 N–H and O–H groups in total. The average molecular weight is 427 g/mol. The fourth-order valence-corrected chi connectivity index (χ4v) is 3.86. The number of benzene rings is 1. The van der Waals surface area contributed by atoms with Gasteiger partial charge in [-0.2, -0.15) is 0 Å². The molecule has 0 spiro atoms. The van der Waals surface area contributed by atoms with Crippen molar-refractivity contribution in [1.82, 2.24) is 9.97 Å². The number of anilines is 1. The number of thioether (sulfide) groups is 1. The summed E-state index contributed by atoms with van der Waals surface area (Å²) in [5, 5.41) is 3.63. The van der Waals surface area contributed by atoms with Gasteiger partial charge in [-0.25, -0.2) is 9.97 Å². The van der Waals surface area contributed by atoms with E-state index in [4.69, 9.17) is 0 Å². The molecule has 4 nitrogen and oxygen atoms in total. The molecular formula is C16H18IN3OS. The van der Waals surface area contributed by atoms with Gasteiger partial charge < -0.3 is 5.32 Å². The third-order valence-electron chi connectivity index (χ3n) is 3.06. The molecule has 0 bridgehead atoms. The van der Waals surface area contributed by atoms with E-state index in [1.807, 2.05) is 33.8 Å². The Kier molecular flexibility index (Phi) is 5.80. The molecule has 116 valence electrons. The summed E-state index contributed by atoms with van der Waals surface area (Å²) in [4.78, 5) is 20.8. The molecule has 0 aliphatic carbocycles. The van der Waals surface area contributed by atoms with Crippen molar-refractivity contribution >= 4 is 45.9 Å². The predicted octanol–water partition coefficient (Wildman–Crippen LogP) is 4.05. The molecule has 0 atom stereocenters. The van der Waals surface area contributed by atoms with E-state index in [0.29, 0.717) is 10.9 Å². The molecule has 1 aromatic heterocycles. The van der Waals surface area contributed by atoms with E-state index in [2.05, 4.69) is 50.0 Å². The third-order valence-corrected chi connectivity index (χ3v) is 4.53. The van der Waals surface area contributed by atoms with Crippen molar-refractivity contribution in [3.05, 3.63) is 44.3 Å². The first-order valence-corrected chi connectivity index (χ1v) is 8.93. The highest BCUT2D eigenvalue weighted by atomic mass is 127. The molecule has 2 aromatic rings. The summed E-state index contributed by atoms with van der Waals surface area (Å²) in [6.07, 6.45) is 0. The van der Waals surface area contributed by atoms with Crippen LogP contribution in [0.3, 0.4) is 0 Å². The van der Waals surface area contributed by atoms with Crippen molar-refractivity contribution in [2.45, 2.75) is 32.9 Å². The number of amides is 1. The lowest BCUT2D eigenvalue weighted by Crippen LogP contribution is -2.16. The normalized spacial score (nSPS) is 10.6. The highest BCUT2D eigenvalue weighted by Crippen LogP contribution is 2.23. The Morgan fingerprint density at radius 1 is 1.09 bits per heavy atom. The zero-order valence-corrected chi connectivity index (χ0v) is 16.0. The summed E-state index contributed by atoms with van der Waals surface area (Å²) in [5.74, 6) is 0.258. The van der Waals surface area contributed by atoms with Gasteiger partial charge in [-0.05, 0) is 79.6 Å².